The van der Waals surface area contributed by atoms with Crippen LogP contribution in [0.3, 0.4) is 0 Å². The molecule has 0 unspecified atom stereocenters. The Hall–Kier alpha value is -4.04. The number of nitro groups is 1. The predicted molar refractivity (Wildman–Crippen MR) is 204 cm³/mol. The third-order valence-corrected chi connectivity index (χ3v) is 12.5. The minimum atomic E-state index is -1.15. The molecule has 3 heterocycles. The average Bonchev–Trinajstić information content (AvgIpc) is 3.96. The first-order valence-corrected chi connectivity index (χ1v) is 24.5. The molecule has 0 bridgehead atoms. The number of nitro benzene ring substituents is 1. The molecule has 59 heavy (non-hydrogen) atoms. The van der Waals surface area contributed by atoms with Crippen LogP contribution in [-0.2, 0) is 43.5 Å². The second-order valence-corrected chi connectivity index (χ2v) is 20.0. The second kappa shape index (κ2) is 22.5. The van der Waals surface area contributed by atoms with Gasteiger partial charge in [0.2, 0.25) is 0 Å². The zero-order chi connectivity index (χ0) is 42.4. The van der Waals surface area contributed by atoms with Gasteiger partial charge in [-0.05, 0) is 37.8 Å². The van der Waals surface area contributed by atoms with Crippen LogP contribution in [0.15, 0.2) is 42.9 Å². The van der Waals surface area contributed by atoms with Crippen molar-refractivity contribution < 1.29 is 38.4 Å². The molecule has 1 aliphatic rings. The Morgan fingerprint density at radius 2 is 1.14 bits per heavy atom. The number of nitrogens with zero attached hydrogens (tertiary/aromatic N) is 10. The van der Waals surface area contributed by atoms with E-state index in [1.54, 1.807) is 26.1 Å². The van der Waals surface area contributed by atoms with Crippen LogP contribution in [0.4, 0.5) is 10.5 Å². The number of rotatable bonds is 20. The molecule has 4 N–H and O–H groups in total. The molecule has 1 aromatic carbocycles. The third-order valence-electron chi connectivity index (χ3n) is 9.51. The Bertz CT molecular complexity index is 1940. The quantitative estimate of drug-likeness (QED) is 0.0282. The van der Waals surface area contributed by atoms with E-state index in [2.05, 4.69) is 52.2 Å². The van der Waals surface area contributed by atoms with Gasteiger partial charge in [-0.25, -0.2) is 4.79 Å². The molecule has 0 spiro atoms. The van der Waals surface area contributed by atoms with Gasteiger partial charge < -0.3 is 9.47 Å². The fourth-order valence-electron chi connectivity index (χ4n) is 6.34. The van der Waals surface area contributed by atoms with Gasteiger partial charge in [0.1, 0.15) is 11.9 Å². The van der Waals surface area contributed by atoms with Crippen LogP contribution in [0.1, 0.15) is 81.3 Å². The van der Waals surface area contributed by atoms with Crippen LogP contribution in [0.5, 0.6) is 5.75 Å². The molecule has 1 fully saturated rings. The molecule has 3 aromatic heterocycles. The van der Waals surface area contributed by atoms with Crippen molar-refractivity contribution in [3.05, 3.63) is 70.1 Å². The van der Waals surface area contributed by atoms with Crippen LogP contribution in [0, 0.1) is 16.0 Å². The Balaban J connectivity index is 1.25. The standard InChI is InChI=1S/C33H42N14O9.3Tl/c48-28(34-15-22-18-37-44-41-22)9-12-33(13-10-29(49)35-16-23-19-38-45-42-23,14-11-30(50)36-17-24-20-39-46-43-24)40-31(51)21-1-5-26(6-2-21)55-32(52)56-27-7-3-25(4-8-27)47(53)54;;;/h3-4,7-8,18-21,26H,1-2,5-6,9-17H2,(H7,34,35,36,37,38,39,40,41,42,43,44,45,46,48,49,50,51);;;/q;3*+1/p-3. The number of aromatic nitrogens is 9. The number of ether oxygens (including phenoxy) is 2. The molecule has 1 saturated carbocycles. The third kappa shape index (κ3) is 15.5. The summed E-state index contributed by atoms with van der Waals surface area (Å²) in [5.74, 6) is -1.63. The van der Waals surface area contributed by atoms with Crippen LogP contribution in [-0.4, -0.2) is 163 Å². The number of carbonyl (C=O) groups is 5. The number of carbonyl (C=O) groups excluding carboxylic acids is 5. The van der Waals surface area contributed by atoms with Crippen molar-refractivity contribution in [3.8, 4) is 5.75 Å². The molecular weight excluding hydrogens is 1350 g/mol. The zero-order valence-electron chi connectivity index (χ0n) is 31.8. The second-order valence-electron chi connectivity index (χ2n) is 13.9. The number of amides is 4. The molecule has 0 atom stereocenters. The van der Waals surface area contributed by atoms with E-state index in [4.69, 9.17) is 9.47 Å². The van der Waals surface area contributed by atoms with Crippen molar-refractivity contribution in [2.45, 2.75) is 95.5 Å². The first-order chi connectivity index (χ1) is 28.2. The molecule has 5 rings (SSSR count). The van der Waals surface area contributed by atoms with Crippen LogP contribution < -0.4 is 26.0 Å². The summed E-state index contributed by atoms with van der Waals surface area (Å²) in [6, 6.07) is 5.01. The van der Waals surface area contributed by atoms with Gasteiger partial charge in [-0.3, -0.25) is 10.1 Å². The van der Waals surface area contributed by atoms with Crippen molar-refractivity contribution in [1.29, 1.82) is 0 Å². The Morgan fingerprint density at radius 3 is 1.51 bits per heavy atom. The normalized spacial score (nSPS) is 15.1. The van der Waals surface area contributed by atoms with Crippen LogP contribution in [0.2, 0.25) is 0 Å². The number of hydrogen-bond acceptors (Lipinski definition) is 15. The molecular formula is C33H39N14O9Tl3. The number of non-ortho nitro benzene ring substituents is 1. The Kier molecular flexibility index (Phi) is 17.6. The first kappa shape index (κ1) is 46.0. The van der Waals surface area contributed by atoms with E-state index >= 15 is 0 Å². The van der Waals surface area contributed by atoms with E-state index in [0.29, 0.717) is 121 Å². The number of benzene rings is 1. The summed E-state index contributed by atoms with van der Waals surface area (Å²) in [6.45, 7) is 0.498. The fourth-order valence-corrected chi connectivity index (χ4v) is 8.94. The molecule has 304 valence electrons. The summed E-state index contributed by atoms with van der Waals surface area (Å²) in [7, 11) is 0. The summed E-state index contributed by atoms with van der Waals surface area (Å²) in [5.41, 5.74) is 0.503. The van der Waals surface area contributed by atoms with Gasteiger partial charge in [-0.2, -0.15) is 0 Å². The average molecular weight is 1390 g/mol. The van der Waals surface area contributed by atoms with E-state index in [1.807, 2.05) is 0 Å². The summed E-state index contributed by atoms with van der Waals surface area (Å²) in [5, 5.41) is 46.6. The van der Waals surface area contributed by atoms with Crippen molar-refractivity contribution in [1.82, 2.24) is 59.7 Å². The van der Waals surface area contributed by atoms with Gasteiger partial charge in [-0.15, -0.1) is 0 Å². The summed E-state index contributed by atoms with van der Waals surface area (Å²) in [6.07, 6.45) is 5.50. The van der Waals surface area contributed by atoms with Gasteiger partial charge in [0.25, 0.3) is 5.69 Å². The van der Waals surface area contributed by atoms with Gasteiger partial charge >= 0.3 is 292 Å². The van der Waals surface area contributed by atoms with E-state index in [-0.39, 0.29) is 93.2 Å². The summed E-state index contributed by atoms with van der Waals surface area (Å²) in [4.78, 5) is 76.6. The van der Waals surface area contributed by atoms with Crippen LogP contribution >= 0.6 is 0 Å². The van der Waals surface area contributed by atoms with Crippen molar-refractivity contribution in [2.24, 2.45) is 5.92 Å². The van der Waals surface area contributed by atoms with Crippen molar-refractivity contribution >= 4 is 114 Å². The van der Waals surface area contributed by atoms with Gasteiger partial charge in [0, 0.05) is 12.1 Å². The zero-order valence-corrected chi connectivity index (χ0v) is 45.2. The minimum absolute atomic E-state index is 0.0216. The molecule has 0 aliphatic heterocycles. The van der Waals surface area contributed by atoms with Gasteiger partial charge in [0.05, 0.1) is 4.92 Å². The molecule has 4 amide bonds. The SMILES string of the molecule is O=C(CCC(CCC(=O)NCc1c[n]([Tl])nn1)(CCC(=O)NCc1c[n]([Tl])nn1)NC(=O)C1CCC(OC(=O)Oc2ccc([N+](=O)[O-])cc2)CC1)NCc1c[n]([Tl])nn1. The van der Waals surface area contributed by atoms with Gasteiger partial charge in [0.15, 0.2) is 0 Å². The molecule has 0 radical (unpaired) electrons. The maximum atomic E-state index is 14.1. The van der Waals surface area contributed by atoms with E-state index in [9.17, 15) is 34.1 Å². The predicted octanol–water partition coefficient (Wildman–Crippen LogP) is -0.617. The van der Waals surface area contributed by atoms with E-state index < -0.39 is 28.6 Å². The molecule has 23 nitrogen and oxygen atoms in total. The van der Waals surface area contributed by atoms with Crippen LogP contribution in [0.25, 0.3) is 0 Å². The first-order valence-electron chi connectivity index (χ1n) is 18.5. The maximum absolute atomic E-state index is 14.1. The molecule has 26 heteroatoms. The van der Waals surface area contributed by atoms with Crippen molar-refractivity contribution in [3.63, 3.8) is 0 Å². The van der Waals surface area contributed by atoms with E-state index in [0.717, 1.165) is 0 Å². The Morgan fingerprint density at radius 1 is 0.712 bits per heavy atom. The van der Waals surface area contributed by atoms with Crippen molar-refractivity contribution in [2.75, 3.05) is 0 Å². The van der Waals surface area contributed by atoms with E-state index in [1.165, 1.54) is 24.3 Å². The monoisotopic (exact) mass is 1390 g/mol. The number of hydrogen-bond donors (Lipinski definition) is 4. The summed E-state index contributed by atoms with van der Waals surface area (Å²) >= 11 is 1.28. The number of nitrogens with one attached hydrogen (secondary N) is 4. The molecule has 0 saturated heterocycles. The Labute approximate surface area is 385 Å². The van der Waals surface area contributed by atoms with Gasteiger partial charge in [-0.1, -0.05) is 0 Å². The fraction of sp³-hybridized carbons (Fsp3) is 0.485. The topological polar surface area (TPSA) is 287 Å². The molecule has 4 aromatic rings. The molecule has 1 aliphatic carbocycles. The summed E-state index contributed by atoms with van der Waals surface area (Å²) < 4.78 is 15.7.